The SMILES string of the molecule is C=C1CN2CCCC2(COc2nc(N3CCCOCC3)c3c(OC)nc(-c4c5c(cc6[nH]ncc46)CCCC5OC)c(F)c3n2)C1. The first-order chi connectivity index (χ1) is 22.5. The summed E-state index contributed by atoms with van der Waals surface area (Å²) in [5.74, 6) is 0.238. The van der Waals surface area contributed by atoms with E-state index in [1.54, 1.807) is 20.4 Å². The number of hydrogen-bond acceptors (Lipinski definition) is 10. The molecular formula is C34H40FN7O4. The Bertz CT molecular complexity index is 1820. The molecule has 12 heteroatoms. The fourth-order valence-corrected chi connectivity index (χ4v) is 8.16. The van der Waals surface area contributed by atoms with Gasteiger partial charge in [-0.3, -0.25) is 10.00 Å². The van der Waals surface area contributed by atoms with Crippen LogP contribution in [-0.2, 0) is 15.9 Å². The van der Waals surface area contributed by atoms with Crippen LogP contribution in [0.3, 0.4) is 0 Å². The lowest BCUT2D eigenvalue weighted by Gasteiger charge is -2.31. The quantitative estimate of drug-likeness (QED) is 0.276. The van der Waals surface area contributed by atoms with Crippen LogP contribution in [0.25, 0.3) is 33.1 Å². The van der Waals surface area contributed by atoms with Crippen molar-refractivity contribution in [3.63, 3.8) is 0 Å². The molecule has 0 amide bonds. The van der Waals surface area contributed by atoms with E-state index in [-0.39, 0.29) is 34.7 Å². The third-order valence-corrected chi connectivity index (χ3v) is 10.3. The fraction of sp³-hybridized carbons (Fsp3) is 0.529. The standard InChI is InChI=1S/C34H40FN7O4/c1-20-16-34(9-5-11-42(34)18-20)19-46-33-38-30-27(31(39-33)41-10-6-13-45-14-12-41)32(44-3)37-29(28(30)35)26-22-17-36-40-23(22)15-21-7-4-8-24(43-2)25(21)26/h15,17,24H,1,4-14,16,18-19H2,2-3H3,(H,36,40). The van der Waals surface area contributed by atoms with Crippen LogP contribution in [-0.4, -0.2) is 95.8 Å². The molecule has 8 rings (SSSR count). The van der Waals surface area contributed by atoms with Crippen molar-refractivity contribution < 1.29 is 23.3 Å². The number of benzene rings is 1. The number of H-pyrrole nitrogens is 1. The van der Waals surface area contributed by atoms with E-state index in [4.69, 9.17) is 33.9 Å². The van der Waals surface area contributed by atoms with Gasteiger partial charge in [-0.05, 0) is 68.7 Å². The highest BCUT2D eigenvalue weighted by Gasteiger charge is 2.46. The van der Waals surface area contributed by atoms with Gasteiger partial charge in [0.15, 0.2) is 5.82 Å². The second-order valence-electron chi connectivity index (χ2n) is 13.0. The number of aromatic amines is 1. The Morgan fingerprint density at radius 1 is 1.13 bits per heavy atom. The molecule has 0 saturated carbocycles. The summed E-state index contributed by atoms with van der Waals surface area (Å²) < 4.78 is 41.4. The number of aromatic nitrogens is 5. The maximum absolute atomic E-state index is 17.3. The van der Waals surface area contributed by atoms with Gasteiger partial charge in [0.2, 0.25) is 5.88 Å². The maximum atomic E-state index is 17.3. The number of nitrogens with zero attached hydrogens (tertiary/aromatic N) is 6. The first-order valence-electron chi connectivity index (χ1n) is 16.3. The summed E-state index contributed by atoms with van der Waals surface area (Å²) in [7, 11) is 3.25. The molecule has 242 valence electrons. The number of ether oxygens (including phenoxy) is 4. The third-order valence-electron chi connectivity index (χ3n) is 10.3. The Kier molecular flexibility index (Phi) is 7.53. The van der Waals surface area contributed by atoms with Crippen LogP contribution in [0, 0.1) is 5.82 Å². The van der Waals surface area contributed by atoms with Gasteiger partial charge in [-0.2, -0.15) is 15.1 Å². The molecule has 46 heavy (non-hydrogen) atoms. The van der Waals surface area contributed by atoms with Crippen LogP contribution in [0.2, 0.25) is 0 Å². The Morgan fingerprint density at radius 2 is 2.04 bits per heavy atom. The van der Waals surface area contributed by atoms with Crippen LogP contribution < -0.4 is 14.4 Å². The molecule has 1 aromatic carbocycles. The number of pyridine rings is 1. The zero-order valence-corrected chi connectivity index (χ0v) is 26.5. The van der Waals surface area contributed by atoms with Crippen LogP contribution in [0.5, 0.6) is 11.9 Å². The summed E-state index contributed by atoms with van der Waals surface area (Å²) in [5, 5.41) is 8.59. The molecule has 3 aliphatic heterocycles. The van der Waals surface area contributed by atoms with E-state index in [0.29, 0.717) is 49.7 Å². The molecule has 0 radical (unpaired) electrons. The van der Waals surface area contributed by atoms with E-state index >= 15 is 4.39 Å². The van der Waals surface area contributed by atoms with Crippen molar-refractivity contribution in [2.45, 2.75) is 56.6 Å². The number of fused-ring (bicyclic) bond motifs is 4. The number of anilines is 1. The minimum Gasteiger partial charge on any atom is -0.480 e. The van der Waals surface area contributed by atoms with Crippen molar-refractivity contribution in [1.29, 1.82) is 0 Å². The Morgan fingerprint density at radius 3 is 2.91 bits per heavy atom. The molecule has 1 N–H and O–H groups in total. The van der Waals surface area contributed by atoms with Crippen LogP contribution >= 0.6 is 0 Å². The van der Waals surface area contributed by atoms with Gasteiger partial charge in [-0.25, -0.2) is 9.37 Å². The summed E-state index contributed by atoms with van der Waals surface area (Å²) in [5.41, 5.74) is 4.86. The van der Waals surface area contributed by atoms with Gasteiger partial charge in [0.05, 0.1) is 37.1 Å². The highest BCUT2D eigenvalue weighted by Crippen LogP contribution is 2.46. The molecule has 2 atom stereocenters. The molecular weight excluding hydrogens is 589 g/mol. The Labute approximate surface area is 267 Å². The van der Waals surface area contributed by atoms with Crippen LogP contribution in [0.15, 0.2) is 24.4 Å². The van der Waals surface area contributed by atoms with Crippen molar-refractivity contribution >= 4 is 27.6 Å². The molecule has 6 heterocycles. The van der Waals surface area contributed by atoms with Crippen molar-refractivity contribution in [1.82, 2.24) is 30.0 Å². The number of aryl methyl sites for hydroxylation is 1. The van der Waals surface area contributed by atoms with Crippen molar-refractivity contribution in [2.75, 3.05) is 65.1 Å². The van der Waals surface area contributed by atoms with Crippen LogP contribution in [0.4, 0.5) is 10.2 Å². The lowest BCUT2D eigenvalue weighted by molar-refractivity contribution is 0.0886. The molecule has 0 bridgehead atoms. The molecule has 3 aromatic heterocycles. The fourth-order valence-electron chi connectivity index (χ4n) is 8.16. The monoisotopic (exact) mass is 629 g/mol. The summed E-state index contributed by atoms with van der Waals surface area (Å²) in [4.78, 5) is 19.1. The highest BCUT2D eigenvalue weighted by molar-refractivity contribution is 6.01. The van der Waals surface area contributed by atoms with E-state index in [0.717, 1.165) is 80.1 Å². The van der Waals surface area contributed by atoms with E-state index in [9.17, 15) is 0 Å². The third kappa shape index (κ3) is 4.80. The zero-order valence-electron chi connectivity index (χ0n) is 26.5. The van der Waals surface area contributed by atoms with Gasteiger partial charge in [0, 0.05) is 44.3 Å². The van der Waals surface area contributed by atoms with Crippen molar-refractivity contribution in [3.05, 3.63) is 41.4 Å². The van der Waals surface area contributed by atoms with Gasteiger partial charge < -0.3 is 23.8 Å². The molecule has 1 aliphatic carbocycles. The zero-order chi connectivity index (χ0) is 31.4. The number of hydrogen-bond donors (Lipinski definition) is 1. The minimum absolute atomic E-state index is 0.114. The predicted molar refractivity (Wildman–Crippen MR) is 172 cm³/mol. The number of methoxy groups -OCH3 is 2. The highest BCUT2D eigenvalue weighted by atomic mass is 19.1. The Balaban J connectivity index is 1.33. The number of rotatable bonds is 7. The average molecular weight is 630 g/mol. The minimum atomic E-state index is -0.554. The number of nitrogens with one attached hydrogen (secondary N) is 1. The molecule has 11 nitrogen and oxygen atoms in total. The van der Waals surface area contributed by atoms with Crippen LogP contribution in [0.1, 0.15) is 55.8 Å². The van der Waals surface area contributed by atoms with Gasteiger partial charge in [0.25, 0.3) is 0 Å². The van der Waals surface area contributed by atoms with E-state index in [2.05, 4.69) is 32.6 Å². The van der Waals surface area contributed by atoms with E-state index in [1.165, 1.54) is 5.57 Å². The largest absolute Gasteiger partial charge is 0.480 e. The average Bonchev–Trinajstić information content (AvgIpc) is 3.70. The molecule has 0 spiro atoms. The molecule has 2 unspecified atom stereocenters. The topological polar surface area (TPSA) is 111 Å². The lowest BCUT2D eigenvalue weighted by Crippen LogP contribution is -2.43. The van der Waals surface area contributed by atoms with Crippen molar-refractivity contribution in [2.24, 2.45) is 0 Å². The lowest BCUT2D eigenvalue weighted by atomic mass is 9.83. The Hall–Kier alpha value is -3.87. The summed E-state index contributed by atoms with van der Waals surface area (Å²) in [6.45, 7) is 9.04. The number of halogens is 1. The summed E-state index contributed by atoms with van der Waals surface area (Å²) in [6, 6.07) is 2.24. The normalized spacial score (nSPS) is 23.6. The first kappa shape index (κ1) is 29.5. The van der Waals surface area contributed by atoms with Gasteiger partial charge >= 0.3 is 6.01 Å². The summed E-state index contributed by atoms with van der Waals surface area (Å²) >= 11 is 0. The van der Waals surface area contributed by atoms with Gasteiger partial charge in [-0.15, -0.1) is 0 Å². The second-order valence-corrected chi connectivity index (χ2v) is 13.0. The van der Waals surface area contributed by atoms with E-state index < -0.39 is 5.82 Å². The first-order valence-corrected chi connectivity index (χ1v) is 16.3. The summed E-state index contributed by atoms with van der Waals surface area (Å²) in [6.07, 6.45) is 8.02. The molecule has 4 aromatic rings. The maximum Gasteiger partial charge on any atom is 0.319 e. The predicted octanol–water partition coefficient (Wildman–Crippen LogP) is 5.14. The van der Waals surface area contributed by atoms with E-state index in [1.807, 2.05) is 0 Å². The molecule has 3 saturated heterocycles. The van der Waals surface area contributed by atoms with Crippen molar-refractivity contribution in [3.8, 4) is 23.1 Å². The second kappa shape index (κ2) is 11.7. The van der Waals surface area contributed by atoms with Gasteiger partial charge in [0.1, 0.15) is 29.0 Å². The van der Waals surface area contributed by atoms with Gasteiger partial charge in [-0.1, -0.05) is 12.2 Å². The smallest absolute Gasteiger partial charge is 0.319 e. The molecule has 3 fully saturated rings. The molecule has 4 aliphatic rings.